The van der Waals surface area contributed by atoms with Gasteiger partial charge in [-0.2, -0.15) is 0 Å². The number of fused-ring (bicyclic) bond motifs is 1. The van der Waals surface area contributed by atoms with Gasteiger partial charge in [0.2, 0.25) is 0 Å². The van der Waals surface area contributed by atoms with Crippen molar-refractivity contribution in [1.29, 1.82) is 0 Å². The van der Waals surface area contributed by atoms with Crippen molar-refractivity contribution in [3.63, 3.8) is 0 Å². The largest absolute Gasteiger partial charge is 0.251 e. The number of halogens is 6. The van der Waals surface area contributed by atoms with Crippen LogP contribution in [0.4, 0.5) is 26.3 Å². The Kier molecular flexibility index (Phi) is 5.09. The van der Waals surface area contributed by atoms with Crippen molar-refractivity contribution in [2.45, 2.75) is 63.5 Å². The third kappa shape index (κ3) is 3.54. The van der Waals surface area contributed by atoms with Crippen molar-refractivity contribution in [1.82, 2.24) is 0 Å². The summed E-state index contributed by atoms with van der Waals surface area (Å²) in [5.41, 5.74) is 0.181. The van der Waals surface area contributed by atoms with Crippen LogP contribution in [0.2, 0.25) is 0 Å². The van der Waals surface area contributed by atoms with Crippen LogP contribution in [0.3, 0.4) is 0 Å². The third-order valence-corrected chi connectivity index (χ3v) is 5.95. The zero-order valence-electron chi connectivity index (χ0n) is 14.1. The van der Waals surface area contributed by atoms with E-state index in [1.165, 1.54) is 0 Å². The Bertz CT molecular complexity index is 605. The molecule has 25 heavy (non-hydrogen) atoms. The van der Waals surface area contributed by atoms with Crippen LogP contribution in [0.15, 0.2) is 12.1 Å². The molecule has 5 unspecified atom stereocenters. The minimum absolute atomic E-state index is 0.0493. The molecule has 0 nitrogen and oxygen atoms in total. The van der Waals surface area contributed by atoms with Crippen LogP contribution in [0.1, 0.15) is 56.9 Å². The summed E-state index contributed by atoms with van der Waals surface area (Å²) in [5, 5.41) is 0. The van der Waals surface area contributed by atoms with Gasteiger partial charge in [0.25, 0.3) is 5.92 Å². The van der Waals surface area contributed by atoms with Gasteiger partial charge in [-0.1, -0.05) is 13.3 Å². The van der Waals surface area contributed by atoms with Crippen molar-refractivity contribution in [2.24, 2.45) is 17.8 Å². The first-order chi connectivity index (χ1) is 11.7. The fourth-order valence-corrected chi connectivity index (χ4v) is 4.75. The second kappa shape index (κ2) is 6.84. The molecule has 1 aromatic carbocycles. The molecule has 2 fully saturated rings. The summed E-state index contributed by atoms with van der Waals surface area (Å²) in [7, 11) is 0. The Morgan fingerprint density at radius 2 is 1.68 bits per heavy atom. The van der Waals surface area contributed by atoms with Gasteiger partial charge < -0.3 is 0 Å². The molecule has 0 N–H and O–H groups in total. The quantitative estimate of drug-likeness (QED) is 0.430. The lowest BCUT2D eigenvalue weighted by Gasteiger charge is -2.26. The molecule has 0 bridgehead atoms. The summed E-state index contributed by atoms with van der Waals surface area (Å²) in [6.45, 7) is 1.85. The Balaban J connectivity index is 1.84. The van der Waals surface area contributed by atoms with E-state index in [1.807, 2.05) is 6.92 Å². The minimum Gasteiger partial charge on any atom is -0.247 e. The molecule has 6 heteroatoms. The normalized spacial score (nSPS) is 34.6. The Hall–Kier alpha value is -1.20. The molecule has 5 atom stereocenters. The summed E-state index contributed by atoms with van der Waals surface area (Å²) >= 11 is 0. The van der Waals surface area contributed by atoms with E-state index in [-0.39, 0.29) is 24.8 Å². The Morgan fingerprint density at radius 3 is 2.28 bits per heavy atom. The predicted molar refractivity (Wildman–Crippen MR) is 82.7 cm³/mol. The molecular formula is C19H22F6. The van der Waals surface area contributed by atoms with Gasteiger partial charge in [-0.05, 0) is 61.1 Å². The van der Waals surface area contributed by atoms with Gasteiger partial charge in [0.05, 0.1) is 0 Å². The van der Waals surface area contributed by atoms with Gasteiger partial charge in [0.1, 0.15) is 6.17 Å². The lowest BCUT2D eigenvalue weighted by molar-refractivity contribution is -0.0823. The third-order valence-electron chi connectivity index (χ3n) is 5.95. The SMILES string of the molecule is CCCC1CC(F)(F)C2CC(c3cc(F)c(F)c(F)c3)CC2CC1F. The molecule has 0 aliphatic heterocycles. The fourth-order valence-electron chi connectivity index (χ4n) is 4.75. The molecule has 2 aliphatic carbocycles. The minimum atomic E-state index is -2.99. The van der Waals surface area contributed by atoms with E-state index in [9.17, 15) is 26.3 Å². The fraction of sp³-hybridized carbons (Fsp3) is 0.684. The van der Waals surface area contributed by atoms with Crippen LogP contribution >= 0.6 is 0 Å². The number of hydrogen-bond acceptors (Lipinski definition) is 0. The second-order valence-corrected chi connectivity index (χ2v) is 7.60. The van der Waals surface area contributed by atoms with Crippen molar-refractivity contribution >= 4 is 0 Å². The summed E-state index contributed by atoms with van der Waals surface area (Å²) < 4.78 is 83.9. The van der Waals surface area contributed by atoms with E-state index in [4.69, 9.17) is 0 Å². The first-order valence-electron chi connectivity index (χ1n) is 8.89. The van der Waals surface area contributed by atoms with E-state index in [0.717, 1.165) is 12.1 Å². The number of hydrogen-bond donors (Lipinski definition) is 0. The molecule has 2 aliphatic rings. The standard InChI is InChI=1S/C19H22F6/c1-2-3-10-9-19(24,25)14-5-11(4-13(14)8-15(10)20)12-6-16(21)18(23)17(22)7-12/h6-7,10-11,13-15H,2-5,8-9H2,1H3. The highest BCUT2D eigenvalue weighted by Gasteiger charge is 2.54. The molecule has 0 aromatic heterocycles. The van der Waals surface area contributed by atoms with Crippen LogP contribution in [0.5, 0.6) is 0 Å². The van der Waals surface area contributed by atoms with Crippen LogP contribution in [-0.2, 0) is 0 Å². The first-order valence-corrected chi connectivity index (χ1v) is 8.89. The Labute approximate surface area is 143 Å². The van der Waals surface area contributed by atoms with Gasteiger partial charge in [0.15, 0.2) is 17.5 Å². The molecule has 0 radical (unpaired) electrons. The van der Waals surface area contributed by atoms with E-state index in [1.54, 1.807) is 0 Å². The molecule has 0 amide bonds. The van der Waals surface area contributed by atoms with Gasteiger partial charge in [0, 0.05) is 12.3 Å². The van der Waals surface area contributed by atoms with Gasteiger partial charge in [-0.25, -0.2) is 26.3 Å². The maximum atomic E-state index is 14.7. The highest BCUT2D eigenvalue weighted by molar-refractivity contribution is 5.25. The van der Waals surface area contributed by atoms with Crippen molar-refractivity contribution in [3.05, 3.63) is 35.1 Å². The van der Waals surface area contributed by atoms with Crippen molar-refractivity contribution in [3.8, 4) is 0 Å². The molecule has 2 saturated carbocycles. The lowest BCUT2D eigenvalue weighted by Crippen LogP contribution is -2.31. The zero-order chi connectivity index (χ0) is 18.4. The summed E-state index contributed by atoms with van der Waals surface area (Å²) in [4.78, 5) is 0. The lowest BCUT2D eigenvalue weighted by atomic mass is 9.87. The van der Waals surface area contributed by atoms with Crippen molar-refractivity contribution < 1.29 is 26.3 Å². The molecular weight excluding hydrogens is 342 g/mol. The van der Waals surface area contributed by atoms with Gasteiger partial charge in [-0.15, -0.1) is 0 Å². The molecule has 140 valence electrons. The van der Waals surface area contributed by atoms with E-state index in [0.29, 0.717) is 12.8 Å². The van der Waals surface area contributed by atoms with Crippen molar-refractivity contribution in [2.75, 3.05) is 0 Å². The second-order valence-electron chi connectivity index (χ2n) is 7.60. The number of benzene rings is 1. The van der Waals surface area contributed by atoms with Crippen LogP contribution in [0.25, 0.3) is 0 Å². The van der Waals surface area contributed by atoms with Crippen LogP contribution < -0.4 is 0 Å². The maximum Gasteiger partial charge on any atom is 0.251 e. The highest BCUT2D eigenvalue weighted by atomic mass is 19.3. The average Bonchev–Trinajstić information content (AvgIpc) is 2.93. The molecule has 1 aromatic rings. The molecule has 3 rings (SSSR count). The van der Waals surface area contributed by atoms with Crippen LogP contribution in [0, 0.1) is 35.2 Å². The summed E-state index contributed by atoms with van der Waals surface area (Å²) in [6.07, 6.45) is -0.282. The monoisotopic (exact) mass is 364 g/mol. The van der Waals surface area contributed by atoms with E-state index < -0.39 is 59.6 Å². The van der Waals surface area contributed by atoms with Crippen LogP contribution in [-0.4, -0.2) is 12.1 Å². The predicted octanol–water partition coefficient (Wildman–Crippen LogP) is 6.40. The topological polar surface area (TPSA) is 0 Å². The van der Waals surface area contributed by atoms with Gasteiger partial charge >= 0.3 is 0 Å². The highest BCUT2D eigenvalue weighted by Crippen LogP contribution is 2.55. The average molecular weight is 364 g/mol. The zero-order valence-corrected chi connectivity index (χ0v) is 14.1. The maximum absolute atomic E-state index is 14.7. The van der Waals surface area contributed by atoms with E-state index in [2.05, 4.69) is 0 Å². The first kappa shape index (κ1) is 18.6. The van der Waals surface area contributed by atoms with Gasteiger partial charge in [-0.3, -0.25) is 0 Å². The Morgan fingerprint density at radius 1 is 1.04 bits per heavy atom. The molecule has 0 saturated heterocycles. The summed E-state index contributed by atoms with van der Waals surface area (Å²) in [6, 6.07) is 1.75. The smallest absolute Gasteiger partial charge is 0.247 e. The summed E-state index contributed by atoms with van der Waals surface area (Å²) in [5.74, 6) is -9.84. The molecule has 0 heterocycles. The number of rotatable bonds is 3. The van der Waals surface area contributed by atoms with E-state index >= 15 is 0 Å². The molecule has 0 spiro atoms. The number of alkyl halides is 3.